The molecule has 0 radical (unpaired) electrons. The SMILES string of the molecule is Cn1c(C=O)cc2cc(Cl)ncc21. The molecule has 0 spiro atoms. The van der Waals surface area contributed by atoms with Gasteiger partial charge in [-0.25, -0.2) is 4.98 Å². The van der Waals surface area contributed by atoms with Gasteiger partial charge in [0.1, 0.15) is 5.15 Å². The van der Waals surface area contributed by atoms with Crippen LogP contribution in [-0.2, 0) is 7.05 Å². The highest BCUT2D eigenvalue weighted by Crippen LogP contribution is 2.19. The molecule has 0 aromatic carbocycles. The van der Waals surface area contributed by atoms with E-state index in [1.54, 1.807) is 22.9 Å². The Hall–Kier alpha value is -1.35. The van der Waals surface area contributed by atoms with Gasteiger partial charge in [-0.05, 0) is 12.1 Å². The zero-order valence-corrected chi connectivity index (χ0v) is 7.75. The van der Waals surface area contributed by atoms with Crippen molar-refractivity contribution in [3.8, 4) is 0 Å². The lowest BCUT2D eigenvalue weighted by Gasteiger charge is -1.96. The quantitative estimate of drug-likeness (QED) is 0.514. The largest absolute Gasteiger partial charge is 0.340 e. The molecular formula is C9H7ClN2O. The molecule has 2 heterocycles. The van der Waals surface area contributed by atoms with Crippen molar-refractivity contribution in [2.75, 3.05) is 0 Å². The van der Waals surface area contributed by atoms with Gasteiger partial charge in [0.25, 0.3) is 0 Å². The number of aldehydes is 1. The number of nitrogens with zero attached hydrogens (tertiary/aromatic N) is 2. The van der Waals surface area contributed by atoms with Gasteiger partial charge in [0, 0.05) is 12.4 Å². The zero-order valence-electron chi connectivity index (χ0n) is 6.99. The molecule has 0 aliphatic heterocycles. The third-order valence-corrected chi connectivity index (χ3v) is 2.26. The number of rotatable bonds is 1. The molecule has 0 bridgehead atoms. The summed E-state index contributed by atoms with van der Waals surface area (Å²) in [7, 11) is 1.82. The fourth-order valence-corrected chi connectivity index (χ4v) is 1.51. The van der Waals surface area contributed by atoms with Crippen molar-refractivity contribution in [1.82, 2.24) is 9.55 Å². The van der Waals surface area contributed by atoms with Gasteiger partial charge < -0.3 is 4.57 Å². The molecule has 4 heteroatoms. The maximum atomic E-state index is 10.6. The fourth-order valence-electron chi connectivity index (χ4n) is 1.34. The van der Waals surface area contributed by atoms with Crippen LogP contribution in [0.25, 0.3) is 10.9 Å². The van der Waals surface area contributed by atoms with E-state index in [2.05, 4.69) is 4.98 Å². The van der Waals surface area contributed by atoms with E-state index < -0.39 is 0 Å². The Morgan fingerprint density at radius 3 is 3.00 bits per heavy atom. The number of hydrogen-bond acceptors (Lipinski definition) is 2. The molecule has 2 aromatic heterocycles. The Morgan fingerprint density at radius 2 is 2.31 bits per heavy atom. The molecule has 0 atom stereocenters. The molecule has 0 aliphatic rings. The maximum absolute atomic E-state index is 10.6. The Bertz CT molecular complexity index is 476. The predicted molar refractivity (Wildman–Crippen MR) is 51.1 cm³/mol. The number of halogens is 1. The number of fused-ring (bicyclic) bond motifs is 1. The predicted octanol–water partition coefficient (Wildman–Crippen LogP) is 2.04. The van der Waals surface area contributed by atoms with E-state index in [0.717, 1.165) is 17.2 Å². The van der Waals surface area contributed by atoms with Crippen LogP contribution in [-0.4, -0.2) is 15.8 Å². The fraction of sp³-hybridized carbons (Fsp3) is 0.111. The standard InChI is InChI=1S/C9H7ClN2O/c1-12-7(5-13)2-6-3-9(10)11-4-8(6)12/h2-5H,1H3. The molecule has 0 fully saturated rings. The maximum Gasteiger partial charge on any atom is 0.166 e. The number of hydrogen-bond donors (Lipinski definition) is 0. The normalized spacial score (nSPS) is 10.6. The lowest BCUT2D eigenvalue weighted by molar-refractivity contribution is 0.111. The second kappa shape index (κ2) is 2.85. The van der Waals surface area contributed by atoms with Crippen LogP contribution in [0.2, 0.25) is 5.15 Å². The first-order valence-electron chi connectivity index (χ1n) is 3.78. The van der Waals surface area contributed by atoms with Gasteiger partial charge in [-0.2, -0.15) is 0 Å². The summed E-state index contributed by atoms with van der Waals surface area (Å²) in [5.74, 6) is 0. The van der Waals surface area contributed by atoms with Crippen LogP contribution in [0.15, 0.2) is 18.3 Å². The van der Waals surface area contributed by atoms with Crippen molar-refractivity contribution in [2.45, 2.75) is 0 Å². The first-order chi connectivity index (χ1) is 6.22. The minimum atomic E-state index is 0.440. The first kappa shape index (κ1) is 8.26. The summed E-state index contributed by atoms with van der Waals surface area (Å²) in [5.41, 5.74) is 1.53. The van der Waals surface area contributed by atoms with E-state index in [1.165, 1.54) is 0 Å². The van der Waals surface area contributed by atoms with E-state index in [9.17, 15) is 4.79 Å². The average Bonchev–Trinajstić information content (AvgIpc) is 2.42. The molecule has 13 heavy (non-hydrogen) atoms. The Kier molecular flexibility index (Phi) is 1.81. The van der Waals surface area contributed by atoms with Crippen LogP contribution < -0.4 is 0 Å². The van der Waals surface area contributed by atoms with E-state index >= 15 is 0 Å². The van der Waals surface area contributed by atoms with Crippen molar-refractivity contribution < 1.29 is 4.79 Å². The molecule has 0 N–H and O–H groups in total. The van der Waals surface area contributed by atoms with Crippen molar-refractivity contribution >= 4 is 28.8 Å². The van der Waals surface area contributed by atoms with Crippen molar-refractivity contribution in [2.24, 2.45) is 7.05 Å². The smallest absolute Gasteiger partial charge is 0.166 e. The molecule has 2 aromatic rings. The van der Waals surface area contributed by atoms with Gasteiger partial charge in [-0.3, -0.25) is 4.79 Å². The van der Waals surface area contributed by atoms with E-state index in [4.69, 9.17) is 11.6 Å². The number of aromatic nitrogens is 2. The van der Waals surface area contributed by atoms with Crippen LogP contribution in [0.4, 0.5) is 0 Å². The molecule has 3 nitrogen and oxygen atoms in total. The number of carbonyl (C=O) groups excluding carboxylic acids is 1. The molecule has 0 saturated carbocycles. The zero-order chi connectivity index (χ0) is 9.42. The highest BCUT2D eigenvalue weighted by Gasteiger charge is 2.04. The Morgan fingerprint density at radius 1 is 1.54 bits per heavy atom. The molecule has 0 saturated heterocycles. The van der Waals surface area contributed by atoms with Gasteiger partial charge in [-0.1, -0.05) is 11.6 Å². The van der Waals surface area contributed by atoms with Crippen LogP contribution in [0.1, 0.15) is 10.5 Å². The van der Waals surface area contributed by atoms with Gasteiger partial charge in [0.2, 0.25) is 0 Å². The van der Waals surface area contributed by atoms with Crippen molar-refractivity contribution in [3.63, 3.8) is 0 Å². The Labute approximate surface area is 79.9 Å². The topological polar surface area (TPSA) is 34.9 Å². The minimum Gasteiger partial charge on any atom is -0.340 e. The van der Waals surface area contributed by atoms with Gasteiger partial charge in [-0.15, -0.1) is 0 Å². The van der Waals surface area contributed by atoms with Crippen molar-refractivity contribution in [3.05, 3.63) is 29.2 Å². The summed E-state index contributed by atoms with van der Waals surface area (Å²) in [6.07, 6.45) is 2.47. The lowest BCUT2D eigenvalue weighted by Crippen LogP contribution is -1.93. The Balaban J connectivity index is 2.83. The molecular weight excluding hydrogens is 188 g/mol. The van der Waals surface area contributed by atoms with Gasteiger partial charge >= 0.3 is 0 Å². The molecule has 2 rings (SSSR count). The molecule has 0 unspecified atom stereocenters. The van der Waals surface area contributed by atoms with Crippen LogP contribution in [0.5, 0.6) is 0 Å². The minimum absolute atomic E-state index is 0.440. The van der Waals surface area contributed by atoms with Crippen molar-refractivity contribution in [1.29, 1.82) is 0 Å². The van der Waals surface area contributed by atoms with Gasteiger partial charge in [0.05, 0.1) is 17.4 Å². The number of aryl methyl sites for hydroxylation is 1. The van der Waals surface area contributed by atoms with Gasteiger partial charge in [0.15, 0.2) is 6.29 Å². The third kappa shape index (κ3) is 1.21. The monoisotopic (exact) mass is 194 g/mol. The molecule has 0 aliphatic carbocycles. The summed E-state index contributed by atoms with van der Waals surface area (Å²) in [6, 6.07) is 3.53. The summed E-state index contributed by atoms with van der Waals surface area (Å²) in [5, 5.41) is 1.38. The number of pyridine rings is 1. The van der Waals surface area contributed by atoms with E-state index in [0.29, 0.717) is 10.8 Å². The highest BCUT2D eigenvalue weighted by molar-refractivity contribution is 6.30. The summed E-state index contributed by atoms with van der Waals surface area (Å²) >= 11 is 5.71. The second-order valence-electron chi connectivity index (χ2n) is 2.81. The van der Waals surface area contributed by atoms with Crippen LogP contribution >= 0.6 is 11.6 Å². The highest BCUT2D eigenvalue weighted by atomic mass is 35.5. The average molecular weight is 195 g/mol. The van der Waals surface area contributed by atoms with Crippen LogP contribution in [0.3, 0.4) is 0 Å². The third-order valence-electron chi connectivity index (χ3n) is 2.05. The second-order valence-corrected chi connectivity index (χ2v) is 3.20. The van der Waals surface area contributed by atoms with E-state index in [1.807, 2.05) is 7.05 Å². The lowest BCUT2D eigenvalue weighted by atomic mass is 10.3. The van der Waals surface area contributed by atoms with Crippen LogP contribution in [0, 0.1) is 0 Å². The van der Waals surface area contributed by atoms with E-state index in [-0.39, 0.29) is 0 Å². The summed E-state index contributed by atoms with van der Waals surface area (Å²) in [4.78, 5) is 14.6. The summed E-state index contributed by atoms with van der Waals surface area (Å²) in [6.45, 7) is 0. The molecule has 66 valence electrons. The summed E-state index contributed by atoms with van der Waals surface area (Å²) < 4.78 is 1.78. The first-order valence-corrected chi connectivity index (χ1v) is 4.16. The molecule has 0 amide bonds. The number of carbonyl (C=O) groups is 1.